The van der Waals surface area contributed by atoms with Crippen molar-refractivity contribution in [2.24, 2.45) is 11.3 Å². The Hall–Kier alpha value is -1.46. The fraction of sp³-hybridized carbons (Fsp3) is 0.759. The predicted molar refractivity (Wildman–Crippen MR) is 158 cm³/mol. The Morgan fingerprint density at radius 3 is 2.10 bits per heavy atom. The van der Waals surface area contributed by atoms with E-state index in [0.717, 1.165) is 30.4 Å². The van der Waals surface area contributed by atoms with E-state index in [2.05, 4.69) is 33.9 Å². The second kappa shape index (κ2) is 15.0. The molecule has 0 aliphatic carbocycles. The van der Waals surface area contributed by atoms with E-state index in [1.54, 1.807) is 27.9 Å². The number of ether oxygens (including phenoxy) is 3. The molecule has 1 rings (SSSR count). The Morgan fingerprint density at radius 1 is 1.03 bits per heavy atom. The average molecular weight is 589 g/mol. The summed E-state index contributed by atoms with van der Waals surface area (Å²) in [5.74, 6) is 0.367. The predicted octanol–water partition coefficient (Wildman–Crippen LogP) is 6.34. The second-order valence-corrected chi connectivity index (χ2v) is 19.3. The molecule has 0 fully saturated rings. The molecule has 0 bridgehead atoms. The maximum Gasteiger partial charge on any atom is 0.311 e. The zero-order valence-electron chi connectivity index (χ0n) is 26.0. The van der Waals surface area contributed by atoms with E-state index < -0.39 is 35.9 Å². The number of carbonyl (C=O) groups excluding carboxylic acids is 1. The molecule has 226 valence electrons. The molecule has 0 aromatic heterocycles. The molecule has 0 amide bonds. The van der Waals surface area contributed by atoms with E-state index in [0.29, 0.717) is 19.6 Å². The van der Waals surface area contributed by atoms with Crippen molar-refractivity contribution < 1.29 is 36.0 Å². The van der Waals surface area contributed by atoms with E-state index >= 15 is 0 Å². The Labute approximate surface area is 238 Å². The zero-order chi connectivity index (χ0) is 30.1. The summed E-state index contributed by atoms with van der Waals surface area (Å²) in [7, 11) is -4.22. The van der Waals surface area contributed by atoms with E-state index in [1.807, 2.05) is 31.2 Å². The summed E-state index contributed by atoms with van der Waals surface area (Å²) in [4.78, 5) is 12.3. The van der Waals surface area contributed by atoms with Gasteiger partial charge in [0.2, 0.25) is 0 Å². The van der Waals surface area contributed by atoms with Gasteiger partial charge < -0.3 is 18.6 Å². The molecule has 0 N–H and O–H groups in total. The van der Waals surface area contributed by atoms with E-state index in [1.165, 1.54) is 0 Å². The molecule has 0 spiro atoms. The molecule has 3 atom stereocenters. The van der Waals surface area contributed by atoms with Gasteiger partial charge in [0.25, 0.3) is 10.1 Å². The quantitative estimate of drug-likeness (QED) is 0.0955. The molecule has 0 radical (unpaired) electrons. The van der Waals surface area contributed by atoms with Crippen LogP contribution in [0.15, 0.2) is 24.3 Å². The SMILES string of the molecule is COc1ccc(COCCC[C@H](O[Si](C)(C)C(C)(C)C)[C@@H](C)C[C@@H](COC(=O)C(C)(C)C)OS(C)(=O)=O)cc1. The monoisotopic (exact) mass is 588 g/mol. The van der Waals surface area contributed by atoms with Gasteiger partial charge in [0, 0.05) is 12.7 Å². The van der Waals surface area contributed by atoms with Gasteiger partial charge in [-0.2, -0.15) is 8.42 Å². The highest BCUT2D eigenvalue weighted by Gasteiger charge is 2.40. The molecule has 8 nitrogen and oxygen atoms in total. The molecule has 0 saturated carbocycles. The van der Waals surface area contributed by atoms with Crippen molar-refractivity contribution in [3.05, 3.63) is 29.8 Å². The van der Waals surface area contributed by atoms with Crippen LogP contribution >= 0.6 is 0 Å². The first kappa shape index (κ1) is 35.6. The second-order valence-electron chi connectivity index (χ2n) is 12.9. The molecular formula is C29H52O8SSi. The van der Waals surface area contributed by atoms with Gasteiger partial charge in [-0.25, -0.2) is 0 Å². The Morgan fingerprint density at radius 2 is 1.62 bits per heavy atom. The van der Waals surface area contributed by atoms with Gasteiger partial charge in [-0.1, -0.05) is 39.8 Å². The number of carbonyl (C=O) groups is 1. The van der Waals surface area contributed by atoms with Crippen molar-refractivity contribution in [3.63, 3.8) is 0 Å². The van der Waals surface area contributed by atoms with E-state index in [9.17, 15) is 13.2 Å². The van der Waals surface area contributed by atoms with Gasteiger partial charge in [-0.05, 0) is 81.8 Å². The topological polar surface area (TPSA) is 97.4 Å². The maximum absolute atomic E-state index is 12.3. The summed E-state index contributed by atoms with van der Waals surface area (Å²) < 4.78 is 52.7. The van der Waals surface area contributed by atoms with Crippen LogP contribution in [0.3, 0.4) is 0 Å². The van der Waals surface area contributed by atoms with Crippen LogP contribution in [-0.2, 0) is 39.6 Å². The minimum absolute atomic E-state index is 0.0146. The van der Waals surface area contributed by atoms with Crippen LogP contribution in [0.25, 0.3) is 0 Å². The van der Waals surface area contributed by atoms with E-state index in [-0.39, 0.29) is 23.7 Å². The van der Waals surface area contributed by atoms with Crippen molar-refractivity contribution in [1.29, 1.82) is 0 Å². The van der Waals surface area contributed by atoms with Crippen LogP contribution in [0.1, 0.15) is 73.3 Å². The third-order valence-corrected chi connectivity index (χ3v) is 12.2. The molecule has 0 saturated heterocycles. The van der Waals surface area contributed by atoms with Crippen LogP contribution in [0.5, 0.6) is 5.75 Å². The van der Waals surface area contributed by atoms with Crippen molar-refractivity contribution in [2.45, 2.75) is 105 Å². The third-order valence-electron chi connectivity index (χ3n) is 7.05. The molecule has 1 aromatic rings. The van der Waals surface area contributed by atoms with Crippen LogP contribution in [0, 0.1) is 11.3 Å². The van der Waals surface area contributed by atoms with Gasteiger partial charge in [0.05, 0.1) is 25.4 Å². The number of hydrogen-bond acceptors (Lipinski definition) is 8. The molecule has 0 unspecified atom stereocenters. The van der Waals surface area contributed by atoms with E-state index in [4.69, 9.17) is 22.8 Å². The zero-order valence-corrected chi connectivity index (χ0v) is 27.8. The van der Waals surface area contributed by atoms with Crippen LogP contribution in [-0.4, -0.2) is 61.5 Å². The van der Waals surface area contributed by atoms with Gasteiger partial charge in [-0.15, -0.1) is 0 Å². The lowest BCUT2D eigenvalue weighted by Gasteiger charge is -2.41. The minimum atomic E-state index is -3.74. The molecule has 0 heterocycles. The maximum atomic E-state index is 12.3. The molecular weight excluding hydrogens is 536 g/mol. The van der Waals surface area contributed by atoms with Gasteiger partial charge in [0.1, 0.15) is 18.5 Å². The molecule has 0 aliphatic heterocycles. The molecule has 10 heteroatoms. The number of methoxy groups -OCH3 is 1. The summed E-state index contributed by atoms with van der Waals surface area (Å²) in [5.41, 5.74) is 0.380. The third kappa shape index (κ3) is 13.6. The highest BCUT2D eigenvalue weighted by Crippen LogP contribution is 2.39. The molecule has 1 aromatic carbocycles. The number of esters is 1. The average Bonchev–Trinajstić information content (AvgIpc) is 2.79. The summed E-state index contributed by atoms with van der Waals surface area (Å²) in [6.07, 6.45) is 2.01. The summed E-state index contributed by atoms with van der Waals surface area (Å²) in [6, 6.07) is 7.80. The first-order valence-corrected chi connectivity index (χ1v) is 18.4. The summed E-state index contributed by atoms with van der Waals surface area (Å²) >= 11 is 0. The van der Waals surface area contributed by atoms with Crippen molar-refractivity contribution in [2.75, 3.05) is 26.6 Å². The van der Waals surface area contributed by atoms with Gasteiger partial charge in [-0.3, -0.25) is 8.98 Å². The van der Waals surface area contributed by atoms with Gasteiger partial charge >= 0.3 is 5.97 Å². The highest BCUT2D eigenvalue weighted by molar-refractivity contribution is 7.86. The fourth-order valence-corrected chi connectivity index (χ4v) is 5.74. The van der Waals surface area contributed by atoms with Crippen LogP contribution < -0.4 is 4.74 Å². The fourth-order valence-electron chi connectivity index (χ4n) is 3.65. The Kier molecular flexibility index (Phi) is 13.6. The summed E-state index contributed by atoms with van der Waals surface area (Å²) in [5, 5.41) is 0.0146. The lowest BCUT2D eigenvalue weighted by molar-refractivity contribution is -0.155. The van der Waals surface area contributed by atoms with Crippen molar-refractivity contribution in [3.8, 4) is 5.75 Å². The molecule has 0 aliphatic rings. The van der Waals surface area contributed by atoms with Gasteiger partial charge in [0.15, 0.2) is 8.32 Å². The minimum Gasteiger partial charge on any atom is -0.497 e. The van der Waals surface area contributed by atoms with Crippen LogP contribution in [0.2, 0.25) is 18.1 Å². The lowest BCUT2D eigenvalue weighted by atomic mass is 9.94. The lowest BCUT2D eigenvalue weighted by Crippen LogP contribution is -2.46. The highest BCUT2D eigenvalue weighted by atomic mass is 32.2. The van der Waals surface area contributed by atoms with Crippen molar-refractivity contribution >= 4 is 24.4 Å². The molecule has 39 heavy (non-hydrogen) atoms. The van der Waals surface area contributed by atoms with Crippen molar-refractivity contribution in [1.82, 2.24) is 0 Å². The number of benzene rings is 1. The van der Waals surface area contributed by atoms with Crippen LogP contribution in [0.4, 0.5) is 0 Å². The first-order chi connectivity index (χ1) is 17.7. The number of hydrogen-bond donors (Lipinski definition) is 0. The Bertz CT molecular complexity index is 978. The standard InChI is InChI=1S/C29H52O8SSi/c1-22(19-25(36-38(9,31)32)21-35-27(30)28(2,3)4)26(37-39(10,11)29(5,6)7)13-12-18-34-20-23-14-16-24(33-8)17-15-23/h14-17,22,25-26H,12-13,18-21H2,1-11H3/t22-,25-,26-/m0/s1. The Balaban J connectivity index is 2.90. The number of rotatable bonds is 16. The smallest absolute Gasteiger partial charge is 0.311 e. The largest absolute Gasteiger partial charge is 0.497 e. The normalized spacial score (nSPS) is 15.5. The first-order valence-electron chi connectivity index (χ1n) is 13.7. The summed E-state index contributed by atoms with van der Waals surface area (Å²) in [6.45, 7) is 19.3.